The number of allylic oxidation sites excluding steroid dienone is 1. The Labute approximate surface area is 186 Å². The average molecular weight is 439 g/mol. The number of ether oxygens (including phenoxy) is 2. The largest absolute Gasteiger partial charge is 0.507 e. The third-order valence-electron chi connectivity index (χ3n) is 5.98. The van der Waals surface area contributed by atoms with Crippen molar-refractivity contribution in [3.05, 3.63) is 64.2 Å². The highest BCUT2D eigenvalue weighted by Crippen LogP contribution is 2.42. The number of carbonyl (C=O) groups excluding carboxylic acids is 2. The smallest absolute Gasteiger partial charge is 0.309 e. The van der Waals surface area contributed by atoms with Gasteiger partial charge in [-0.05, 0) is 75.2 Å². The number of halogens is 1. The molecule has 2 aromatic carbocycles. The predicted octanol–water partition coefficient (Wildman–Crippen LogP) is 4.23. The summed E-state index contributed by atoms with van der Waals surface area (Å²) in [4.78, 5) is 27.1. The van der Waals surface area contributed by atoms with Crippen LogP contribution in [0.15, 0.2) is 36.1 Å². The zero-order valence-corrected chi connectivity index (χ0v) is 18.2. The minimum Gasteiger partial charge on any atom is -0.507 e. The van der Waals surface area contributed by atoms with Gasteiger partial charge >= 0.3 is 5.97 Å². The lowest BCUT2D eigenvalue weighted by molar-refractivity contribution is -0.149. The quantitative estimate of drug-likeness (QED) is 0.555. The Morgan fingerprint density at radius 3 is 2.62 bits per heavy atom. The number of esters is 1. The van der Waals surface area contributed by atoms with E-state index in [9.17, 15) is 19.1 Å². The molecule has 2 heterocycles. The van der Waals surface area contributed by atoms with E-state index >= 15 is 0 Å². The molecular weight excluding hydrogens is 413 g/mol. The number of rotatable bonds is 5. The third kappa shape index (κ3) is 4.39. The molecule has 2 aliphatic rings. The summed E-state index contributed by atoms with van der Waals surface area (Å²) in [6.07, 6.45) is 2.94. The lowest BCUT2D eigenvalue weighted by Gasteiger charge is -2.31. The van der Waals surface area contributed by atoms with Gasteiger partial charge in [-0.25, -0.2) is 4.39 Å². The van der Waals surface area contributed by atoms with E-state index < -0.39 is 0 Å². The molecule has 7 heteroatoms. The summed E-state index contributed by atoms with van der Waals surface area (Å²) in [5.74, 6) is -0.295. The number of phenolic OH excluding ortho intramolecular Hbond substituents is 1. The van der Waals surface area contributed by atoms with Crippen molar-refractivity contribution < 1.29 is 28.6 Å². The zero-order chi connectivity index (χ0) is 22.8. The monoisotopic (exact) mass is 439 g/mol. The molecule has 0 bridgehead atoms. The molecule has 0 atom stereocenters. The maximum absolute atomic E-state index is 13.2. The molecule has 0 amide bonds. The summed E-state index contributed by atoms with van der Waals surface area (Å²) in [5.41, 5.74) is 2.27. The van der Waals surface area contributed by atoms with Crippen LogP contribution < -0.4 is 4.74 Å². The number of hydrogen-bond acceptors (Lipinski definition) is 6. The fourth-order valence-corrected chi connectivity index (χ4v) is 4.25. The first-order valence-electron chi connectivity index (χ1n) is 10.8. The van der Waals surface area contributed by atoms with Crippen molar-refractivity contribution in [3.8, 4) is 11.5 Å². The number of aromatic hydroxyl groups is 1. The first-order valence-corrected chi connectivity index (χ1v) is 10.8. The van der Waals surface area contributed by atoms with Crippen LogP contribution in [-0.2, 0) is 16.1 Å². The second kappa shape index (κ2) is 9.12. The Morgan fingerprint density at radius 2 is 1.97 bits per heavy atom. The maximum Gasteiger partial charge on any atom is 0.309 e. The fourth-order valence-electron chi connectivity index (χ4n) is 4.25. The van der Waals surface area contributed by atoms with Gasteiger partial charge in [0.15, 0.2) is 5.76 Å². The molecule has 0 unspecified atom stereocenters. The van der Waals surface area contributed by atoms with Crippen LogP contribution in [0.2, 0.25) is 0 Å². The van der Waals surface area contributed by atoms with Crippen molar-refractivity contribution in [2.24, 2.45) is 5.92 Å². The number of likely N-dealkylation sites (tertiary alicyclic amines) is 1. The summed E-state index contributed by atoms with van der Waals surface area (Å²) >= 11 is 0. The third-order valence-corrected chi connectivity index (χ3v) is 5.98. The molecule has 1 saturated heterocycles. The number of fused-ring (bicyclic) bond motifs is 1. The Balaban J connectivity index is 1.55. The number of benzene rings is 2. The topological polar surface area (TPSA) is 76.1 Å². The summed E-state index contributed by atoms with van der Waals surface area (Å²) < 4.78 is 24.3. The van der Waals surface area contributed by atoms with Crippen molar-refractivity contribution in [1.29, 1.82) is 0 Å². The molecule has 4 rings (SSSR count). The molecule has 0 spiro atoms. The highest BCUT2D eigenvalue weighted by molar-refractivity contribution is 6.15. The molecular formula is C25H26FNO5. The lowest BCUT2D eigenvalue weighted by atomic mass is 9.95. The molecule has 168 valence electrons. The second-order valence-electron chi connectivity index (χ2n) is 8.19. The van der Waals surface area contributed by atoms with Crippen molar-refractivity contribution in [2.45, 2.75) is 33.2 Å². The van der Waals surface area contributed by atoms with E-state index in [2.05, 4.69) is 4.90 Å². The molecule has 2 aromatic rings. The Hall–Kier alpha value is -3.19. The number of aryl methyl sites for hydroxylation is 1. The number of nitrogens with zero attached hydrogens (tertiary/aromatic N) is 1. The van der Waals surface area contributed by atoms with Crippen molar-refractivity contribution >= 4 is 17.8 Å². The first kappa shape index (κ1) is 22.0. The van der Waals surface area contributed by atoms with Crippen LogP contribution in [0, 0.1) is 18.7 Å². The van der Waals surface area contributed by atoms with Crippen LogP contribution in [0.3, 0.4) is 0 Å². The zero-order valence-electron chi connectivity index (χ0n) is 18.2. The van der Waals surface area contributed by atoms with Gasteiger partial charge in [-0.15, -0.1) is 0 Å². The minimum atomic E-state index is -0.358. The standard InChI is InChI=1S/C25H26FNO5/c1-3-31-25(30)17-8-10-27(11-9-17)14-19-20(28)12-15(2)22-23(29)21(32-24(19)22)13-16-4-6-18(26)7-5-16/h4-7,12-13,17,28H,3,8-11,14H2,1-2H3/b21-13-. The number of ketones is 1. The SMILES string of the molecule is CCOC(=O)C1CCN(Cc2c(O)cc(C)c3c2O/C(=C\c2ccc(F)cc2)C3=O)CC1. The van der Waals surface area contributed by atoms with Gasteiger partial charge in [-0.3, -0.25) is 14.5 Å². The van der Waals surface area contributed by atoms with Gasteiger partial charge in [0.1, 0.15) is 17.3 Å². The van der Waals surface area contributed by atoms with Crippen LogP contribution >= 0.6 is 0 Å². The summed E-state index contributed by atoms with van der Waals surface area (Å²) in [6.45, 7) is 5.70. The summed E-state index contributed by atoms with van der Waals surface area (Å²) in [6, 6.07) is 7.37. The van der Waals surface area contributed by atoms with Gasteiger partial charge in [-0.2, -0.15) is 0 Å². The lowest BCUT2D eigenvalue weighted by Crippen LogP contribution is -2.36. The van der Waals surface area contributed by atoms with Gasteiger partial charge in [0.25, 0.3) is 0 Å². The maximum atomic E-state index is 13.2. The minimum absolute atomic E-state index is 0.0737. The van der Waals surface area contributed by atoms with E-state index in [-0.39, 0.29) is 35.0 Å². The molecule has 6 nitrogen and oxygen atoms in total. The molecule has 0 aliphatic carbocycles. The number of Topliss-reactive ketones (excluding diaryl/α,β-unsaturated/α-hetero) is 1. The van der Waals surface area contributed by atoms with Gasteiger partial charge in [0.2, 0.25) is 5.78 Å². The van der Waals surface area contributed by atoms with E-state index in [4.69, 9.17) is 9.47 Å². The van der Waals surface area contributed by atoms with Crippen LogP contribution in [0.5, 0.6) is 11.5 Å². The van der Waals surface area contributed by atoms with Gasteiger partial charge in [-0.1, -0.05) is 12.1 Å². The van der Waals surface area contributed by atoms with Crippen LogP contribution in [-0.4, -0.2) is 41.5 Å². The van der Waals surface area contributed by atoms with Gasteiger partial charge in [0.05, 0.1) is 23.7 Å². The highest BCUT2D eigenvalue weighted by atomic mass is 19.1. The fraction of sp³-hybridized carbons (Fsp3) is 0.360. The van der Waals surface area contributed by atoms with Crippen LogP contribution in [0.4, 0.5) is 4.39 Å². The van der Waals surface area contributed by atoms with E-state index in [1.54, 1.807) is 38.1 Å². The van der Waals surface area contributed by atoms with Crippen molar-refractivity contribution in [1.82, 2.24) is 4.90 Å². The van der Waals surface area contributed by atoms with Gasteiger partial charge in [0, 0.05) is 6.54 Å². The van der Waals surface area contributed by atoms with Crippen molar-refractivity contribution in [2.75, 3.05) is 19.7 Å². The molecule has 0 saturated carbocycles. The number of carbonyl (C=O) groups is 2. The van der Waals surface area contributed by atoms with Crippen LogP contribution in [0.25, 0.3) is 6.08 Å². The molecule has 1 N–H and O–H groups in total. The Kier molecular flexibility index (Phi) is 6.28. The highest BCUT2D eigenvalue weighted by Gasteiger charge is 2.34. The Morgan fingerprint density at radius 1 is 1.28 bits per heavy atom. The molecule has 0 radical (unpaired) electrons. The van der Waals surface area contributed by atoms with Crippen molar-refractivity contribution in [3.63, 3.8) is 0 Å². The van der Waals surface area contributed by atoms with E-state index in [0.717, 1.165) is 0 Å². The number of hydrogen-bond donors (Lipinski definition) is 1. The number of phenols is 1. The van der Waals surface area contributed by atoms with Crippen LogP contribution in [0.1, 0.15) is 46.8 Å². The second-order valence-corrected chi connectivity index (χ2v) is 8.19. The predicted molar refractivity (Wildman–Crippen MR) is 117 cm³/mol. The average Bonchev–Trinajstić information content (AvgIpc) is 3.09. The summed E-state index contributed by atoms with van der Waals surface area (Å²) in [5, 5.41) is 10.6. The van der Waals surface area contributed by atoms with E-state index in [1.807, 2.05) is 0 Å². The first-order chi connectivity index (χ1) is 15.4. The van der Waals surface area contributed by atoms with E-state index in [1.165, 1.54) is 12.1 Å². The normalized spacial score (nSPS) is 18.0. The van der Waals surface area contributed by atoms with Gasteiger partial charge < -0.3 is 14.6 Å². The number of piperidine rings is 1. The molecule has 1 fully saturated rings. The van der Waals surface area contributed by atoms with E-state index in [0.29, 0.717) is 67.1 Å². The molecule has 0 aromatic heterocycles. The Bertz CT molecular complexity index is 1070. The molecule has 2 aliphatic heterocycles. The molecule has 32 heavy (non-hydrogen) atoms. The summed E-state index contributed by atoms with van der Waals surface area (Å²) in [7, 11) is 0.